The maximum absolute atomic E-state index is 12.9. The van der Waals surface area contributed by atoms with E-state index in [0.29, 0.717) is 11.4 Å². The zero-order valence-corrected chi connectivity index (χ0v) is 18.8. The lowest BCUT2D eigenvalue weighted by Gasteiger charge is -2.26. The van der Waals surface area contributed by atoms with Crippen molar-refractivity contribution in [3.63, 3.8) is 0 Å². The highest BCUT2D eigenvalue weighted by Crippen LogP contribution is 2.24. The molecule has 0 aliphatic heterocycles. The number of amides is 2. The third-order valence-corrected chi connectivity index (χ3v) is 4.99. The molecule has 7 heteroatoms. The molecule has 32 heavy (non-hydrogen) atoms. The maximum Gasteiger partial charge on any atom is 0.330 e. The molecule has 0 aromatic heterocycles. The highest BCUT2D eigenvalue weighted by molar-refractivity contribution is 6.02. The molecule has 0 spiro atoms. The molecule has 0 bridgehead atoms. The van der Waals surface area contributed by atoms with Crippen LogP contribution in [0.4, 0.5) is 16.2 Å². The van der Waals surface area contributed by atoms with Gasteiger partial charge in [-0.25, -0.2) is 14.4 Å². The zero-order valence-electron chi connectivity index (χ0n) is 18.8. The molecule has 0 heterocycles. The monoisotopic (exact) mass is 436 g/mol. The maximum atomic E-state index is 12.9. The molecule has 0 N–H and O–H groups in total. The van der Waals surface area contributed by atoms with Crippen LogP contribution in [-0.2, 0) is 19.1 Å². The van der Waals surface area contributed by atoms with Crippen LogP contribution in [0.15, 0.2) is 73.8 Å². The van der Waals surface area contributed by atoms with Crippen molar-refractivity contribution in [1.82, 2.24) is 0 Å². The molecule has 2 aromatic rings. The molecule has 2 amide bonds. The van der Waals surface area contributed by atoms with Crippen LogP contribution in [0.2, 0.25) is 0 Å². The van der Waals surface area contributed by atoms with E-state index in [-0.39, 0.29) is 6.03 Å². The molecule has 0 saturated carbocycles. The second-order valence-corrected chi connectivity index (χ2v) is 7.15. The first-order chi connectivity index (χ1) is 15.2. The van der Waals surface area contributed by atoms with Crippen LogP contribution in [0.3, 0.4) is 0 Å². The fourth-order valence-corrected chi connectivity index (χ4v) is 2.96. The molecule has 168 valence electrons. The lowest BCUT2D eigenvalue weighted by Crippen LogP contribution is -2.38. The van der Waals surface area contributed by atoms with Gasteiger partial charge in [-0.3, -0.25) is 9.80 Å². The molecule has 0 aliphatic carbocycles. The van der Waals surface area contributed by atoms with Gasteiger partial charge in [0.2, 0.25) is 0 Å². The standard InChI is InChI=1S/C25H28N2O5/c1-7-23(28)31-17(3)19-9-13-21(14-10-19)26(5)25(30)27(6)22-15-11-20(12-16-22)18(4)32-24(29)8-2/h7-18H,1-2H2,3-6H3. The fraction of sp³-hybridized carbons (Fsp3) is 0.240. The van der Waals surface area contributed by atoms with Gasteiger partial charge >= 0.3 is 18.0 Å². The number of rotatable bonds is 8. The smallest absolute Gasteiger partial charge is 0.330 e. The van der Waals surface area contributed by atoms with Crippen molar-refractivity contribution in [2.24, 2.45) is 0 Å². The first kappa shape index (κ1) is 24.4. The predicted molar refractivity (Wildman–Crippen MR) is 124 cm³/mol. The van der Waals surface area contributed by atoms with Gasteiger partial charge in [0.05, 0.1) is 0 Å². The Morgan fingerprint density at radius 1 is 0.719 bits per heavy atom. The Morgan fingerprint density at radius 3 is 1.31 bits per heavy atom. The summed E-state index contributed by atoms with van der Waals surface area (Å²) in [6.07, 6.45) is 1.39. The average molecular weight is 437 g/mol. The number of carbonyl (C=O) groups excluding carboxylic acids is 3. The number of anilines is 2. The van der Waals surface area contributed by atoms with Gasteiger partial charge in [-0.05, 0) is 49.2 Å². The number of benzene rings is 2. The minimum Gasteiger partial charge on any atom is -0.455 e. The number of hydrogen-bond acceptors (Lipinski definition) is 5. The Labute approximate surface area is 188 Å². The number of hydrogen-bond donors (Lipinski definition) is 0. The van der Waals surface area contributed by atoms with E-state index in [1.165, 1.54) is 9.80 Å². The van der Waals surface area contributed by atoms with Crippen LogP contribution in [0.25, 0.3) is 0 Å². The van der Waals surface area contributed by atoms with Gasteiger partial charge < -0.3 is 9.47 Å². The highest BCUT2D eigenvalue weighted by Gasteiger charge is 2.19. The fourth-order valence-electron chi connectivity index (χ4n) is 2.96. The molecule has 0 aliphatic rings. The molecule has 2 unspecified atom stereocenters. The number of esters is 2. The lowest BCUT2D eigenvalue weighted by atomic mass is 10.1. The number of carbonyl (C=O) groups is 3. The van der Waals surface area contributed by atoms with Gasteiger partial charge in [-0.2, -0.15) is 0 Å². The van der Waals surface area contributed by atoms with E-state index in [1.807, 2.05) is 0 Å². The van der Waals surface area contributed by atoms with E-state index in [9.17, 15) is 14.4 Å². The van der Waals surface area contributed by atoms with Crippen molar-refractivity contribution < 1.29 is 23.9 Å². The largest absolute Gasteiger partial charge is 0.455 e. The van der Waals surface area contributed by atoms with Crippen LogP contribution in [0, 0.1) is 0 Å². The molecule has 2 rings (SSSR count). The van der Waals surface area contributed by atoms with Gasteiger partial charge in [-0.1, -0.05) is 37.4 Å². The summed E-state index contributed by atoms with van der Waals surface area (Å²) in [5.74, 6) is -0.982. The van der Waals surface area contributed by atoms with Gasteiger partial charge in [0.1, 0.15) is 12.2 Å². The summed E-state index contributed by atoms with van der Waals surface area (Å²) in [6.45, 7) is 10.3. The van der Waals surface area contributed by atoms with Crippen LogP contribution < -0.4 is 9.80 Å². The molecular weight excluding hydrogens is 408 g/mol. The number of nitrogens with zero attached hydrogens (tertiary/aromatic N) is 2. The van der Waals surface area contributed by atoms with E-state index < -0.39 is 24.1 Å². The summed E-state index contributed by atoms with van der Waals surface area (Å²) < 4.78 is 10.4. The second kappa shape index (κ2) is 10.9. The minimum absolute atomic E-state index is 0.234. The Morgan fingerprint density at radius 2 is 1.03 bits per heavy atom. The van der Waals surface area contributed by atoms with Crippen molar-refractivity contribution in [1.29, 1.82) is 0 Å². The van der Waals surface area contributed by atoms with Crippen molar-refractivity contribution in [2.45, 2.75) is 26.1 Å². The van der Waals surface area contributed by atoms with Gasteiger partial charge in [-0.15, -0.1) is 0 Å². The van der Waals surface area contributed by atoms with Crippen molar-refractivity contribution in [3.05, 3.63) is 85.0 Å². The van der Waals surface area contributed by atoms with E-state index in [4.69, 9.17) is 9.47 Å². The number of urea groups is 1. The molecule has 2 aromatic carbocycles. The molecular formula is C25H28N2O5. The van der Waals surface area contributed by atoms with Crippen molar-refractivity contribution >= 4 is 29.3 Å². The Balaban J connectivity index is 2.06. The molecule has 0 saturated heterocycles. The lowest BCUT2D eigenvalue weighted by molar-refractivity contribution is -0.143. The van der Waals surface area contributed by atoms with E-state index in [1.54, 1.807) is 76.5 Å². The quantitative estimate of drug-likeness (QED) is 0.432. The summed E-state index contributed by atoms with van der Waals surface area (Å²) in [5, 5.41) is 0. The summed E-state index contributed by atoms with van der Waals surface area (Å²) in [5.41, 5.74) is 2.99. The highest BCUT2D eigenvalue weighted by atomic mass is 16.5. The van der Waals surface area contributed by atoms with Crippen LogP contribution in [-0.4, -0.2) is 32.1 Å². The topological polar surface area (TPSA) is 76.2 Å². The summed E-state index contributed by atoms with van der Waals surface area (Å²) in [7, 11) is 3.36. The summed E-state index contributed by atoms with van der Waals surface area (Å²) >= 11 is 0. The Hall–Kier alpha value is -3.87. The Bertz CT molecular complexity index is 903. The van der Waals surface area contributed by atoms with Gasteiger partial charge in [0.15, 0.2) is 0 Å². The summed E-state index contributed by atoms with van der Waals surface area (Å²) in [4.78, 5) is 38.7. The molecule has 0 radical (unpaired) electrons. The van der Waals surface area contributed by atoms with Crippen molar-refractivity contribution in [2.75, 3.05) is 23.9 Å². The third-order valence-electron chi connectivity index (χ3n) is 4.99. The third kappa shape index (κ3) is 6.07. The van der Waals surface area contributed by atoms with Gasteiger partial charge in [0.25, 0.3) is 0 Å². The first-order valence-corrected chi connectivity index (χ1v) is 10.0. The van der Waals surface area contributed by atoms with Gasteiger partial charge in [0, 0.05) is 37.6 Å². The van der Waals surface area contributed by atoms with E-state index in [0.717, 1.165) is 23.3 Å². The summed E-state index contributed by atoms with van der Waals surface area (Å²) in [6, 6.07) is 14.2. The Kier molecular flexibility index (Phi) is 8.35. The molecule has 0 fully saturated rings. The normalized spacial score (nSPS) is 12.1. The molecule has 2 atom stereocenters. The van der Waals surface area contributed by atoms with Crippen LogP contribution in [0.5, 0.6) is 0 Å². The predicted octanol–water partition coefficient (Wildman–Crippen LogP) is 4.96. The minimum atomic E-state index is -0.491. The van der Waals surface area contributed by atoms with E-state index >= 15 is 0 Å². The van der Waals surface area contributed by atoms with Crippen LogP contribution in [0.1, 0.15) is 37.2 Å². The zero-order chi connectivity index (χ0) is 23.8. The van der Waals surface area contributed by atoms with E-state index in [2.05, 4.69) is 13.2 Å². The van der Waals surface area contributed by atoms with Crippen molar-refractivity contribution in [3.8, 4) is 0 Å². The molecule has 7 nitrogen and oxygen atoms in total. The van der Waals surface area contributed by atoms with Crippen LogP contribution >= 0.6 is 0 Å². The number of ether oxygens (including phenoxy) is 2. The second-order valence-electron chi connectivity index (χ2n) is 7.15. The average Bonchev–Trinajstić information content (AvgIpc) is 2.82. The first-order valence-electron chi connectivity index (χ1n) is 10.0. The SMILES string of the molecule is C=CC(=O)OC(C)c1ccc(N(C)C(=O)N(C)c2ccc(C(C)OC(=O)C=C)cc2)cc1.